The number of methoxy groups -OCH3 is 1. The van der Waals surface area contributed by atoms with Crippen LogP contribution in [-0.4, -0.2) is 48.5 Å². The highest BCUT2D eigenvalue weighted by Gasteiger charge is 2.04. The van der Waals surface area contributed by atoms with E-state index in [2.05, 4.69) is 20.6 Å². The van der Waals surface area contributed by atoms with Gasteiger partial charge in [0, 0.05) is 32.5 Å². The minimum absolute atomic E-state index is 0.353. The molecule has 1 atom stereocenters. The van der Waals surface area contributed by atoms with Crippen LogP contribution in [-0.2, 0) is 4.74 Å². The van der Waals surface area contributed by atoms with Gasteiger partial charge in [-0.1, -0.05) is 0 Å². The van der Waals surface area contributed by atoms with Crippen LogP contribution < -0.4 is 10.6 Å². The summed E-state index contributed by atoms with van der Waals surface area (Å²) in [6, 6.07) is 1.86. The van der Waals surface area contributed by atoms with Gasteiger partial charge in [0.1, 0.15) is 5.82 Å². The van der Waals surface area contributed by atoms with E-state index >= 15 is 0 Å². The second-order valence-electron chi connectivity index (χ2n) is 3.79. The number of ether oxygens (including phenoxy) is 1. The van der Waals surface area contributed by atoms with E-state index in [0.29, 0.717) is 25.5 Å². The van der Waals surface area contributed by atoms with E-state index in [1.54, 1.807) is 14.2 Å². The summed E-state index contributed by atoms with van der Waals surface area (Å²) >= 11 is 0. The molecule has 0 bridgehead atoms. The zero-order valence-electron chi connectivity index (χ0n) is 10.5. The Kier molecular flexibility index (Phi) is 5.65. The van der Waals surface area contributed by atoms with Crippen LogP contribution in [0.5, 0.6) is 0 Å². The maximum absolute atomic E-state index is 9.47. The summed E-state index contributed by atoms with van der Waals surface area (Å²) in [5, 5.41) is 15.5. The average molecular weight is 240 g/mol. The maximum Gasteiger partial charge on any atom is 0.224 e. The SMILES string of the molecule is CNc1nc(C)cc(NCCC(O)COC)n1. The van der Waals surface area contributed by atoms with Crippen LogP contribution in [0.4, 0.5) is 11.8 Å². The zero-order valence-corrected chi connectivity index (χ0v) is 10.5. The molecule has 1 aromatic rings. The molecule has 0 aliphatic heterocycles. The monoisotopic (exact) mass is 240 g/mol. The molecule has 3 N–H and O–H groups in total. The number of nitrogens with one attached hydrogen (secondary N) is 2. The number of hydrogen-bond donors (Lipinski definition) is 3. The Hall–Kier alpha value is -1.40. The van der Waals surface area contributed by atoms with Crippen molar-refractivity contribution in [1.82, 2.24) is 9.97 Å². The molecule has 0 saturated carbocycles. The Bertz CT molecular complexity index is 346. The van der Waals surface area contributed by atoms with Gasteiger partial charge in [-0.25, -0.2) is 4.98 Å². The molecule has 1 unspecified atom stereocenters. The van der Waals surface area contributed by atoms with Gasteiger partial charge < -0.3 is 20.5 Å². The van der Waals surface area contributed by atoms with E-state index in [1.165, 1.54) is 0 Å². The first kappa shape index (κ1) is 13.7. The van der Waals surface area contributed by atoms with Crippen LogP contribution in [0.1, 0.15) is 12.1 Å². The third-order valence-corrected chi connectivity index (χ3v) is 2.22. The van der Waals surface area contributed by atoms with Gasteiger partial charge in [-0.2, -0.15) is 4.98 Å². The average Bonchev–Trinajstić information content (AvgIpc) is 2.28. The molecule has 0 spiro atoms. The summed E-state index contributed by atoms with van der Waals surface area (Å²) in [5.74, 6) is 1.34. The molecule has 1 aromatic heterocycles. The smallest absolute Gasteiger partial charge is 0.224 e. The van der Waals surface area contributed by atoms with Crippen LogP contribution in [0.15, 0.2) is 6.07 Å². The second-order valence-corrected chi connectivity index (χ2v) is 3.79. The maximum atomic E-state index is 9.47. The van der Waals surface area contributed by atoms with E-state index in [-0.39, 0.29) is 0 Å². The fraction of sp³-hybridized carbons (Fsp3) is 0.636. The van der Waals surface area contributed by atoms with E-state index in [9.17, 15) is 5.11 Å². The molecule has 0 amide bonds. The molecule has 6 nitrogen and oxygen atoms in total. The number of aliphatic hydroxyl groups is 1. The van der Waals surface area contributed by atoms with Crippen LogP contribution in [0.3, 0.4) is 0 Å². The summed E-state index contributed by atoms with van der Waals surface area (Å²) in [6.45, 7) is 2.91. The number of rotatable bonds is 7. The fourth-order valence-electron chi connectivity index (χ4n) is 1.41. The Balaban J connectivity index is 2.43. The Morgan fingerprint density at radius 2 is 2.24 bits per heavy atom. The van der Waals surface area contributed by atoms with Crippen molar-refractivity contribution in [2.75, 3.05) is 37.9 Å². The molecule has 0 aliphatic rings. The van der Waals surface area contributed by atoms with Gasteiger partial charge in [0.2, 0.25) is 5.95 Å². The Morgan fingerprint density at radius 3 is 2.88 bits per heavy atom. The van der Waals surface area contributed by atoms with E-state index in [4.69, 9.17) is 4.74 Å². The molecule has 0 saturated heterocycles. The predicted molar refractivity (Wildman–Crippen MR) is 67.3 cm³/mol. The van der Waals surface area contributed by atoms with Crippen molar-refractivity contribution in [2.45, 2.75) is 19.4 Å². The van der Waals surface area contributed by atoms with E-state index in [0.717, 1.165) is 11.5 Å². The minimum Gasteiger partial charge on any atom is -0.391 e. The van der Waals surface area contributed by atoms with E-state index in [1.807, 2.05) is 13.0 Å². The highest BCUT2D eigenvalue weighted by molar-refractivity contribution is 5.41. The van der Waals surface area contributed by atoms with Gasteiger partial charge in [0.25, 0.3) is 0 Å². The molecule has 0 aliphatic carbocycles. The topological polar surface area (TPSA) is 79.3 Å². The number of anilines is 2. The lowest BCUT2D eigenvalue weighted by Crippen LogP contribution is -2.18. The zero-order chi connectivity index (χ0) is 12.7. The summed E-state index contributed by atoms with van der Waals surface area (Å²) < 4.78 is 4.85. The van der Waals surface area contributed by atoms with Crippen molar-refractivity contribution >= 4 is 11.8 Å². The van der Waals surface area contributed by atoms with Gasteiger partial charge in [-0.05, 0) is 13.3 Å². The molecule has 0 radical (unpaired) electrons. The summed E-state index contributed by atoms with van der Waals surface area (Å²) in [6.07, 6.45) is 0.172. The summed E-state index contributed by atoms with van der Waals surface area (Å²) in [4.78, 5) is 8.44. The number of nitrogens with zero attached hydrogens (tertiary/aromatic N) is 2. The van der Waals surface area contributed by atoms with Gasteiger partial charge in [0.05, 0.1) is 12.7 Å². The lowest BCUT2D eigenvalue weighted by atomic mass is 10.2. The number of aryl methyl sites for hydroxylation is 1. The van der Waals surface area contributed by atoms with Crippen molar-refractivity contribution in [1.29, 1.82) is 0 Å². The van der Waals surface area contributed by atoms with Crippen molar-refractivity contribution in [3.8, 4) is 0 Å². The molecule has 96 valence electrons. The largest absolute Gasteiger partial charge is 0.391 e. The normalized spacial score (nSPS) is 12.2. The van der Waals surface area contributed by atoms with Gasteiger partial charge in [-0.3, -0.25) is 0 Å². The molecular weight excluding hydrogens is 220 g/mol. The van der Waals surface area contributed by atoms with Gasteiger partial charge in [-0.15, -0.1) is 0 Å². The summed E-state index contributed by atoms with van der Waals surface area (Å²) in [5.41, 5.74) is 0.893. The molecule has 1 rings (SSSR count). The van der Waals surface area contributed by atoms with Crippen LogP contribution in [0.2, 0.25) is 0 Å². The number of aliphatic hydroxyl groups excluding tert-OH is 1. The third kappa shape index (κ3) is 4.97. The van der Waals surface area contributed by atoms with Crippen LogP contribution in [0.25, 0.3) is 0 Å². The minimum atomic E-state index is -0.445. The van der Waals surface area contributed by atoms with Crippen molar-refractivity contribution < 1.29 is 9.84 Å². The molecule has 17 heavy (non-hydrogen) atoms. The first-order valence-corrected chi connectivity index (χ1v) is 5.60. The van der Waals surface area contributed by atoms with Crippen molar-refractivity contribution in [3.63, 3.8) is 0 Å². The first-order chi connectivity index (χ1) is 8.15. The van der Waals surface area contributed by atoms with Crippen molar-refractivity contribution in [2.24, 2.45) is 0 Å². The van der Waals surface area contributed by atoms with Gasteiger partial charge in [0.15, 0.2) is 0 Å². The highest BCUT2D eigenvalue weighted by Crippen LogP contribution is 2.09. The van der Waals surface area contributed by atoms with Crippen LogP contribution in [0, 0.1) is 6.92 Å². The number of hydrogen-bond acceptors (Lipinski definition) is 6. The standard InChI is InChI=1S/C11H20N4O2/c1-8-6-10(15-11(12-2)14-8)13-5-4-9(16)7-17-3/h6,9,16H,4-5,7H2,1-3H3,(H2,12,13,14,15). The molecule has 0 fully saturated rings. The Morgan fingerprint density at radius 1 is 1.47 bits per heavy atom. The Labute approximate surface area is 101 Å². The van der Waals surface area contributed by atoms with Gasteiger partial charge >= 0.3 is 0 Å². The number of aromatic nitrogens is 2. The predicted octanol–water partition coefficient (Wildman–Crippen LogP) is 0.636. The fourth-order valence-corrected chi connectivity index (χ4v) is 1.41. The molecule has 1 heterocycles. The third-order valence-electron chi connectivity index (χ3n) is 2.22. The summed E-state index contributed by atoms with van der Waals surface area (Å²) in [7, 11) is 3.35. The quantitative estimate of drug-likeness (QED) is 0.649. The van der Waals surface area contributed by atoms with Crippen LogP contribution >= 0.6 is 0 Å². The molecular formula is C11H20N4O2. The second kappa shape index (κ2) is 7.03. The first-order valence-electron chi connectivity index (χ1n) is 5.60. The molecule has 6 heteroatoms. The lowest BCUT2D eigenvalue weighted by molar-refractivity contribution is 0.0615. The van der Waals surface area contributed by atoms with Crippen molar-refractivity contribution in [3.05, 3.63) is 11.8 Å². The lowest BCUT2D eigenvalue weighted by Gasteiger charge is -2.11. The van der Waals surface area contributed by atoms with E-state index < -0.39 is 6.10 Å². The highest BCUT2D eigenvalue weighted by atomic mass is 16.5. The molecule has 0 aromatic carbocycles.